The monoisotopic (exact) mass is 600 g/mol. The number of carbonyl (C=O) groups is 2. The van der Waals surface area contributed by atoms with Crippen molar-refractivity contribution in [3.05, 3.63) is 77.6 Å². The maximum atomic E-state index is 13.2. The Balaban J connectivity index is 1.24. The molecule has 2 aromatic heterocycles. The Hall–Kier alpha value is -5.25. The van der Waals surface area contributed by atoms with E-state index in [-0.39, 0.29) is 28.9 Å². The van der Waals surface area contributed by atoms with Crippen LogP contribution in [0.3, 0.4) is 0 Å². The van der Waals surface area contributed by atoms with Crippen molar-refractivity contribution in [1.82, 2.24) is 24.6 Å². The third kappa shape index (κ3) is 5.83. The van der Waals surface area contributed by atoms with Gasteiger partial charge in [-0.05, 0) is 68.0 Å². The number of benzene rings is 2. The van der Waals surface area contributed by atoms with Crippen LogP contribution >= 0.6 is 0 Å². The number of hydrogen-bond donors (Lipinski definition) is 2. The smallest absolute Gasteiger partial charge is 0.383 e. The molecule has 6 rings (SSSR count). The summed E-state index contributed by atoms with van der Waals surface area (Å²) in [7, 11) is 0. The molecule has 13 heteroatoms. The van der Waals surface area contributed by atoms with Gasteiger partial charge in [-0.15, -0.1) is 0 Å². The summed E-state index contributed by atoms with van der Waals surface area (Å²) in [4.78, 5) is 36.1. The number of nitriles is 1. The van der Waals surface area contributed by atoms with Crippen LogP contribution in [0, 0.1) is 17.2 Å². The SMILES string of the molecule is N#C/C(=C\C1CC1)C(=O)N1CCCC(n2nc(-c3ccc(NC(=O)c4ccc(C(F)(F)F)cc4)cc3)c3c(N)ncnc32)C1. The highest BCUT2D eigenvalue weighted by molar-refractivity contribution is 6.04. The molecule has 2 aromatic carbocycles. The number of piperidine rings is 1. The standard InChI is InChI=1S/C31H27F3N8O2/c32-31(33,34)22-9-5-20(6-10-22)29(43)39-23-11-7-19(8-12-23)26-25-27(36)37-17-38-28(25)42(40-26)24-2-1-13-41(16-24)30(44)21(15-35)14-18-3-4-18/h5-12,14,17-18,24H,1-4,13,16H2,(H,39,43)(H2,36,37,38)/b21-14+. The van der Waals surface area contributed by atoms with E-state index in [1.807, 2.05) is 0 Å². The minimum absolute atomic E-state index is 0.0849. The molecule has 1 aliphatic carbocycles. The molecule has 2 fully saturated rings. The molecule has 224 valence electrons. The van der Waals surface area contributed by atoms with E-state index in [2.05, 4.69) is 21.4 Å². The van der Waals surface area contributed by atoms with Crippen molar-refractivity contribution in [3.63, 3.8) is 0 Å². The molecule has 1 saturated heterocycles. The number of likely N-dealkylation sites (tertiary alicyclic amines) is 1. The lowest BCUT2D eigenvalue weighted by Crippen LogP contribution is -2.41. The van der Waals surface area contributed by atoms with E-state index >= 15 is 0 Å². The zero-order valence-corrected chi connectivity index (χ0v) is 23.4. The second-order valence-electron chi connectivity index (χ2n) is 10.9. The minimum Gasteiger partial charge on any atom is -0.383 e. The van der Waals surface area contributed by atoms with Crippen molar-refractivity contribution in [2.75, 3.05) is 24.1 Å². The molecule has 1 saturated carbocycles. The van der Waals surface area contributed by atoms with Gasteiger partial charge in [0.1, 0.15) is 29.5 Å². The number of nitrogens with one attached hydrogen (secondary N) is 1. The lowest BCUT2D eigenvalue weighted by Gasteiger charge is -2.32. The number of rotatable bonds is 6. The van der Waals surface area contributed by atoms with Gasteiger partial charge in [-0.2, -0.15) is 23.5 Å². The van der Waals surface area contributed by atoms with Crippen LogP contribution in [0.15, 0.2) is 66.5 Å². The van der Waals surface area contributed by atoms with Gasteiger partial charge in [0, 0.05) is 29.9 Å². The summed E-state index contributed by atoms with van der Waals surface area (Å²) in [5.41, 5.74) is 7.85. The Kier molecular flexibility index (Phi) is 7.50. The van der Waals surface area contributed by atoms with Gasteiger partial charge in [-0.1, -0.05) is 18.2 Å². The summed E-state index contributed by atoms with van der Waals surface area (Å²) in [6.45, 7) is 0.902. The number of nitrogens with two attached hydrogens (primary N) is 1. The van der Waals surface area contributed by atoms with Crippen LogP contribution in [0.1, 0.15) is 47.6 Å². The van der Waals surface area contributed by atoms with Gasteiger partial charge < -0.3 is 16.0 Å². The molecule has 10 nitrogen and oxygen atoms in total. The van der Waals surface area contributed by atoms with E-state index in [0.717, 1.165) is 49.9 Å². The number of nitrogen functional groups attached to an aromatic ring is 1. The quantitative estimate of drug-likeness (QED) is 0.224. The molecular formula is C31H27F3N8O2. The van der Waals surface area contributed by atoms with Crippen LogP contribution in [0.4, 0.5) is 24.7 Å². The third-order valence-corrected chi connectivity index (χ3v) is 7.81. The van der Waals surface area contributed by atoms with E-state index in [1.165, 1.54) is 6.33 Å². The number of amides is 2. The first kappa shape index (κ1) is 28.9. The highest BCUT2D eigenvalue weighted by atomic mass is 19.4. The first-order chi connectivity index (χ1) is 21.1. The van der Waals surface area contributed by atoms with Gasteiger partial charge >= 0.3 is 6.18 Å². The molecule has 2 amide bonds. The van der Waals surface area contributed by atoms with Crippen LogP contribution < -0.4 is 11.1 Å². The Labute approximate surface area is 250 Å². The van der Waals surface area contributed by atoms with Gasteiger partial charge in [-0.25, -0.2) is 14.6 Å². The van der Waals surface area contributed by atoms with Crippen molar-refractivity contribution in [2.45, 2.75) is 37.9 Å². The Morgan fingerprint density at radius 3 is 2.43 bits per heavy atom. The second-order valence-corrected chi connectivity index (χ2v) is 10.9. The molecule has 0 radical (unpaired) electrons. The molecule has 4 aromatic rings. The van der Waals surface area contributed by atoms with E-state index in [0.29, 0.717) is 47.0 Å². The summed E-state index contributed by atoms with van der Waals surface area (Å²) < 4.78 is 40.3. The van der Waals surface area contributed by atoms with E-state index in [4.69, 9.17) is 10.8 Å². The number of alkyl halides is 3. The number of halogens is 3. The molecule has 1 unspecified atom stereocenters. The van der Waals surface area contributed by atoms with E-state index in [1.54, 1.807) is 39.9 Å². The zero-order valence-electron chi connectivity index (χ0n) is 23.4. The van der Waals surface area contributed by atoms with Gasteiger partial charge in [-0.3, -0.25) is 9.59 Å². The Morgan fingerprint density at radius 1 is 1.05 bits per heavy atom. The van der Waals surface area contributed by atoms with Gasteiger partial charge in [0.15, 0.2) is 5.65 Å². The van der Waals surface area contributed by atoms with E-state index < -0.39 is 17.6 Å². The molecule has 2 aliphatic rings. The van der Waals surface area contributed by atoms with Crippen LogP contribution in [0.2, 0.25) is 0 Å². The van der Waals surface area contributed by atoms with Gasteiger partial charge in [0.05, 0.1) is 17.0 Å². The fraction of sp³-hybridized carbons (Fsp3) is 0.290. The van der Waals surface area contributed by atoms with Crippen molar-refractivity contribution in [2.24, 2.45) is 5.92 Å². The average Bonchev–Trinajstić information content (AvgIpc) is 3.76. The highest BCUT2D eigenvalue weighted by Crippen LogP contribution is 2.35. The van der Waals surface area contributed by atoms with Crippen molar-refractivity contribution in [1.29, 1.82) is 5.26 Å². The number of aromatic nitrogens is 4. The van der Waals surface area contributed by atoms with Crippen molar-refractivity contribution in [3.8, 4) is 17.3 Å². The maximum Gasteiger partial charge on any atom is 0.416 e. The average molecular weight is 601 g/mol. The number of hydrogen-bond acceptors (Lipinski definition) is 7. The largest absolute Gasteiger partial charge is 0.416 e. The predicted octanol–water partition coefficient (Wildman–Crippen LogP) is 5.37. The predicted molar refractivity (Wildman–Crippen MR) is 156 cm³/mol. The minimum atomic E-state index is -4.49. The van der Waals surface area contributed by atoms with Crippen LogP contribution in [0.25, 0.3) is 22.3 Å². The third-order valence-electron chi connectivity index (χ3n) is 7.81. The van der Waals surface area contributed by atoms with Gasteiger partial charge in [0.2, 0.25) is 0 Å². The summed E-state index contributed by atoms with van der Waals surface area (Å²) >= 11 is 0. The normalized spacial score (nSPS) is 17.4. The van der Waals surface area contributed by atoms with Crippen molar-refractivity contribution < 1.29 is 22.8 Å². The molecule has 1 aliphatic heterocycles. The summed E-state index contributed by atoms with van der Waals surface area (Å²) in [5, 5.41) is 17.7. The van der Waals surface area contributed by atoms with Crippen molar-refractivity contribution >= 4 is 34.4 Å². The van der Waals surface area contributed by atoms with Crippen LogP contribution in [-0.2, 0) is 11.0 Å². The highest BCUT2D eigenvalue weighted by Gasteiger charge is 2.32. The number of fused-ring (bicyclic) bond motifs is 1. The fourth-order valence-corrected chi connectivity index (χ4v) is 5.34. The molecule has 44 heavy (non-hydrogen) atoms. The summed E-state index contributed by atoms with van der Waals surface area (Å²) in [6, 6.07) is 12.6. The summed E-state index contributed by atoms with van der Waals surface area (Å²) in [6.07, 6.45) is 2.11. The lowest BCUT2D eigenvalue weighted by atomic mass is 10.0. The number of anilines is 2. The number of carbonyl (C=O) groups excluding carboxylic acids is 2. The van der Waals surface area contributed by atoms with Crippen LogP contribution in [-0.4, -0.2) is 49.6 Å². The zero-order chi connectivity index (χ0) is 31.0. The molecular weight excluding hydrogens is 573 g/mol. The first-order valence-electron chi connectivity index (χ1n) is 14.1. The Morgan fingerprint density at radius 2 is 1.77 bits per heavy atom. The molecule has 1 atom stereocenters. The maximum absolute atomic E-state index is 13.2. The fourth-order valence-electron chi connectivity index (χ4n) is 5.34. The van der Waals surface area contributed by atoms with E-state index in [9.17, 15) is 28.0 Å². The molecule has 0 bridgehead atoms. The van der Waals surface area contributed by atoms with Gasteiger partial charge in [0.25, 0.3) is 11.8 Å². The lowest BCUT2D eigenvalue weighted by molar-refractivity contribution is -0.137. The first-order valence-corrected chi connectivity index (χ1v) is 14.1. The Bertz CT molecular complexity index is 1800. The summed E-state index contributed by atoms with van der Waals surface area (Å²) in [5.74, 6) is -0.291. The van der Waals surface area contributed by atoms with Crippen LogP contribution in [0.5, 0.6) is 0 Å². The molecule has 3 heterocycles. The molecule has 3 N–H and O–H groups in total. The topological polar surface area (TPSA) is 143 Å². The molecule has 0 spiro atoms. The second kappa shape index (κ2) is 11.4. The number of nitrogens with zero attached hydrogens (tertiary/aromatic N) is 6. The number of allylic oxidation sites excluding steroid dienone is 1.